The summed E-state index contributed by atoms with van der Waals surface area (Å²) in [6.07, 6.45) is 1.87. The second kappa shape index (κ2) is 4.50. The number of hydrogen-bond donors (Lipinski definition) is 0. The molecule has 0 amide bonds. The summed E-state index contributed by atoms with van der Waals surface area (Å²) in [7, 11) is 0. The minimum atomic E-state index is 0.571. The van der Waals surface area contributed by atoms with Crippen LogP contribution in [0.4, 0.5) is 0 Å². The molecule has 1 aromatic rings. The Hall–Kier alpha value is -0.600. The van der Waals surface area contributed by atoms with Gasteiger partial charge in [0.2, 0.25) is 0 Å². The van der Waals surface area contributed by atoms with Gasteiger partial charge in [0.15, 0.2) is 0 Å². The molecule has 0 aromatic carbocycles. The van der Waals surface area contributed by atoms with Crippen molar-refractivity contribution in [2.24, 2.45) is 11.8 Å². The molecule has 2 atom stereocenters. The Morgan fingerprint density at radius 2 is 2.00 bits per heavy atom. The second-order valence-electron chi connectivity index (χ2n) is 4.64. The van der Waals surface area contributed by atoms with E-state index in [1.807, 2.05) is 12.3 Å². The van der Waals surface area contributed by atoms with Crippen molar-refractivity contribution in [1.29, 1.82) is 0 Å². The lowest BCUT2D eigenvalue weighted by Gasteiger charge is -2.14. The lowest BCUT2D eigenvalue weighted by Crippen LogP contribution is -2.20. The number of rotatable bonds is 2. The summed E-state index contributed by atoms with van der Waals surface area (Å²) in [4.78, 5) is 6.58. The van der Waals surface area contributed by atoms with E-state index >= 15 is 0 Å². The van der Waals surface area contributed by atoms with E-state index in [1.165, 1.54) is 18.7 Å². The van der Waals surface area contributed by atoms with Gasteiger partial charge in [0.25, 0.3) is 0 Å². The fourth-order valence-electron chi connectivity index (χ4n) is 2.14. The number of likely N-dealkylation sites (tertiary alicyclic amines) is 1. The molecule has 2 rings (SSSR count). The van der Waals surface area contributed by atoms with E-state index < -0.39 is 0 Å². The lowest BCUT2D eigenvalue weighted by atomic mass is 10.0. The fraction of sp³-hybridized carbons (Fsp3) is 0.583. The van der Waals surface area contributed by atoms with Crippen molar-refractivity contribution in [3.63, 3.8) is 0 Å². The highest BCUT2D eigenvalue weighted by molar-refractivity contribution is 6.29. The summed E-state index contributed by atoms with van der Waals surface area (Å²) in [5.74, 6) is 1.62. The van der Waals surface area contributed by atoms with Gasteiger partial charge in [-0.25, -0.2) is 4.98 Å². The maximum atomic E-state index is 5.75. The van der Waals surface area contributed by atoms with Crippen molar-refractivity contribution in [2.75, 3.05) is 13.1 Å². The van der Waals surface area contributed by atoms with Gasteiger partial charge in [0.05, 0.1) is 0 Å². The molecule has 2 nitrogen and oxygen atoms in total. The Labute approximate surface area is 96.3 Å². The van der Waals surface area contributed by atoms with Crippen molar-refractivity contribution in [3.8, 4) is 0 Å². The monoisotopic (exact) mass is 224 g/mol. The van der Waals surface area contributed by atoms with Crippen molar-refractivity contribution < 1.29 is 0 Å². The van der Waals surface area contributed by atoms with Gasteiger partial charge in [0.1, 0.15) is 5.15 Å². The molecule has 2 heterocycles. The van der Waals surface area contributed by atoms with Crippen LogP contribution in [0.3, 0.4) is 0 Å². The van der Waals surface area contributed by atoms with E-state index in [-0.39, 0.29) is 0 Å². The molecule has 1 aliphatic rings. The van der Waals surface area contributed by atoms with Crippen LogP contribution in [0.15, 0.2) is 18.3 Å². The summed E-state index contributed by atoms with van der Waals surface area (Å²) in [5.41, 5.74) is 1.25. The first-order chi connectivity index (χ1) is 7.15. The molecule has 0 radical (unpaired) electrons. The van der Waals surface area contributed by atoms with E-state index in [0.717, 1.165) is 18.4 Å². The third-order valence-corrected chi connectivity index (χ3v) is 3.48. The number of aromatic nitrogens is 1. The molecular weight excluding hydrogens is 208 g/mol. The highest BCUT2D eigenvalue weighted by Crippen LogP contribution is 2.23. The number of hydrogen-bond acceptors (Lipinski definition) is 2. The maximum absolute atomic E-state index is 5.75. The van der Waals surface area contributed by atoms with Gasteiger partial charge in [-0.15, -0.1) is 0 Å². The second-order valence-corrected chi connectivity index (χ2v) is 5.03. The molecule has 0 bridgehead atoms. The van der Waals surface area contributed by atoms with Crippen LogP contribution in [-0.4, -0.2) is 23.0 Å². The molecule has 1 saturated heterocycles. The van der Waals surface area contributed by atoms with Gasteiger partial charge >= 0.3 is 0 Å². The Kier molecular flexibility index (Phi) is 3.27. The first-order valence-electron chi connectivity index (χ1n) is 5.48. The maximum Gasteiger partial charge on any atom is 0.129 e. The van der Waals surface area contributed by atoms with Crippen LogP contribution in [-0.2, 0) is 6.54 Å². The highest BCUT2D eigenvalue weighted by Gasteiger charge is 2.25. The van der Waals surface area contributed by atoms with E-state index in [9.17, 15) is 0 Å². The van der Waals surface area contributed by atoms with Crippen LogP contribution in [0.5, 0.6) is 0 Å². The molecule has 1 fully saturated rings. The smallest absolute Gasteiger partial charge is 0.129 e. The molecule has 82 valence electrons. The van der Waals surface area contributed by atoms with Crippen LogP contribution in [0, 0.1) is 11.8 Å². The summed E-state index contributed by atoms with van der Waals surface area (Å²) in [6, 6.07) is 3.92. The summed E-state index contributed by atoms with van der Waals surface area (Å²) < 4.78 is 0. The van der Waals surface area contributed by atoms with Crippen molar-refractivity contribution in [1.82, 2.24) is 9.88 Å². The predicted molar refractivity (Wildman–Crippen MR) is 62.9 cm³/mol. The summed E-state index contributed by atoms with van der Waals surface area (Å²) >= 11 is 5.75. The summed E-state index contributed by atoms with van der Waals surface area (Å²) in [5, 5.41) is 0.571. The molecule has 0 spiro atoms. The molecular formula is C12H17ClN2. The van der Waals surface area contributed by atoms with Crippen molar-refractivity contribution >= 4 is 11.6 Å². The summed E-state index contributed by atoms with van der Waals surface area (Å²) in [6.45, 7) is 8.04. The van der Waals surface area contributed by atoms with Gasteiger partial charge in [-0.1, -0.05) is 31.5 Å². The minimum absolute atomic E-state index is 0.571. The lowest BCUT2D eigenvalue weighted by molar-refractivity contribution is 0.316. The first kappa shape index (κ1) is 10.9. The van der Waals surface area contributed by atoms with E-state index in [4.69, 9.17) is 11.6 Å². The fourth-order valence-corrected chi connectivity index (χ4v) is 2.25. The van der Waals surface area contributed by atoms with Crippen LogP contribution < -0.4 is 0 Å². The highest BCUT2D eigenvalue weighted by atomic mass is 35.5. The molecule has 0 N–H and O–H groups in total. The van der Waals surface area contributed by atoms with Gasteiger partial charge in [-0.2, -0.15) is 0 Å². The SMILES string of the molecule is CC1CN(Cc2ccc(Cl)nc2)CC1C. The third kappa shape index (κ3) is 2.70. The van der Waals surface area contributed by atoms with Crippen LogP contribution >= 0.6 is 11.6 Å². The van der Waals surface area contributed by atoms with E-state index in [2.05, 4.69) is 29.8 Å². The van der Waals surface area contributed by atoms with E-state index in [0.29, 0.717) is 5.15 Å². The Morgan fingerprint density at radius 3 is 2.53 bits per heavy atom. The first-order valence-corrected chi connectivity index (χ1v) is 5.85. The normalized spacial score (nSPS) is 27.1. The molecule has 2 unspecified atom stereocenters. The molecule has 1 aliphatic heterocycles. The van der Waals surface area contributed by atoms with E-state index in [1.54, 1.807) is 0 Å². The predicted octanol–water partition coefficient (Wildman–Crippen LogP) is 2.82. The largest absolute Gasteiger partial charge is 0.298 e. The molecule has 0 aliphatic carbocycles. The van der Waals surface area contributed by atoms with Gasteiger partial charge in [-0.3, -0.25) is 4.90 Å². The minimum Gasteiger partial charge on any atom is -0.298 e. The average molecular weight is 225 g/mol. The quantitative estimate of drug-likeness (QED) is 0.719. The number of pyridine rings is 1. The Balaban J connectivity index is 1.95. The standard InChI is InChI=1S/C12H17ClN2/c1-9-6-15(7-10(9)2)8-11-3-4-12(13)14-5-11/h3-5,9-10H,6-8H2,1-2H3. The molecule has 15 heavy (non-hydrogen) atoms. The average Bonchev–Trinajstić information content (AvgIpc) is 2.50. The van der Waals surface area contributed by atoms with Gasteiger partial charge in [-0.05, 0) is 23.5 Å². The molecule has 0 saturated carbocycles. The van der Waals surface area contributed by atoms with Crippen LogP contribution in [0.25, 0.3) is 0 Å². The number of nitrogens with zero attached hydrogens (tertiary/aromatic N) is 2. The van der Waals surface area contributed by atoms with Gasteiger partial charge in [0, 0.05) is 25.8 Å². The number of halogens is 1. The zero-order valence-corrected chi connectivity index (χ0v) is 10.0. The van der Waals surface area contributed by atoms with Crippen molar-refractivity contribution in [3.05, 3.63) is 29.0 Å². The van der Waals surface area contributed by atoms with Crippen LogP contribution in [0.2, 0.25) is 5.15 Å². The Morgan fingerprint density at radius 1 is 1.33 bits per heavy atom. The third-order valence-electron chi connectivity index (χ3n) is 3.26. The van der Waals surface area contributed by atoms with Crippen LogP contribution in [0.1, 0.15) is 19.4 Å². The molecule has 1 aromatic heterocycles. The topological polar surface area (TPSA) is 16.1 Å². The zero-order chi connectivity index (χ0) is 10.8. The molecule has 3 heteroatoms. The van der Waals surface area contributed by atoms with Gasteiger partial charge < -0.3 is 0 Å². The van der Waals surface area contributed by atoms with Crippen molar-refractivity contribution in [2.45, 2.75) is 20.4 Å². The zero-order valence-electron chi connectivity index (χ0n) is 9.28. The Bertz CT molecular complexity index is 313.